The van der Waals surface area contributed by atoms with Crippen molar-refractivity contribution in [2.45, 2.75) is 31.2 Å². The van der Waals surface area contributed by atoms with Crippen LogP contribution >= 0.6 is 0 Å². The normalized spacial score (nSPS) is 17.3. The van der Waals surface area contributed by atoms with Gasteiger partial charge in [-0.25, -0.2) is 9.37 Å². The maximum absolute atomic E-state index is 13.1. The summed E-state index contributed by atoms with van der Waals surface area (Å²) < 4.78 is 91.8. The van der Waals surface area contributed by atoms with Crippen molar-refractivity contribution in [3.8, 4) is 0 Å². The van der Waals surface area contributed by atoms with Gasteiger partial charge in [0.1, 0.15) is 23.4 Å². The third-order valence-corrected chi connectivity index (χ3v) is 4.81. The first-order valence-electron chi connectivity index (χ1n) is 8.84. The summed E-state index contributed by atoms with van der Waals surface area (Å²) >= 11 is 0. The quantitative estimate of drug-likeness (QED) is 0.645. The van der Waals surface area contributed by atoms with Gasteiger partial charge in [0, 0.05) is 19.3 Å². The number of carbonyl (C=O) groups is 1. The first-order valence-corrected chi connectivity index (χ1v) is 8.84. The van der Waals surface area contributed by atoms with Gasteiger partial charge in [-0.3, -0.25) is 4.79 Å². The van der Waals surface area contributed by atoms with Crippen LogP contribution in [0.15, 0.2) is 36.4 Å². The summed E-state index contributed by atoms with van der Waals surface area (Å²) in [5.41, 5.74) is -2.84. The number of benzene rings is 1. The standard InChI is InChI=1S/C19H16F7N3O/c1-28(13-6-4-12(20)5-7-13)17(30)14-3-2-8-29(14)16-10-11(18(21,22)23)9-15(27-16)19(24,25)26/h4-7,9-10,14H,2-3,8H2,1H3. The molecule has 1 atom stereocenters. The average molecular weight is 435 g/mol. The molecule has 4 nitrogen and oxygen atoms in total. The van der Waals surface area contributed by atoms with E-state index in [1.807, 2.05) is 0 Å². The second-order valence-corrected chi connectivity index (χ2v) is 6.82. The molecule has 0 bridgehead atoms. The maximum atomic E-state index is 13.1. The highest BCUT2D eigenvalue weighted by atomic mass is 19.4. The topological polar surface area (TPSA) is 36.4 Å². The van der Waals surface area contributed by atoms with Crippen LogP contribution in [0.1, 0.15) is 24.1 Å². The van der Waals surface area contributed by atoms with E-state index in [4.69, 9.17) is 0 Å². The van der Waals surface area contributed by atoms with Gasteiger partial charge < -0.3 is 9.80 Å². The van der Waals surface area contributed by atoms with Gasteiger partial charge in [-0.15, -0.1) is 0 Å². The van der Waals surface area contributed by atoms with Gasteiger partial charge in [0.2, 0.25) is 5.91 Å². The van der Waals surface area contributed by atoms with Crippen LogP contribution in [0.4, 0.5) is 42.2 Å². The minimum atomic E-state index is -5.08. The summed E-state index contributed by atoms with van der Waals surface area (Å²) in [4.78, 5) is 18.6. The number of anilines is 2. The monoisotopic (exact) mass is 435 g/mol. The van der Waals surface area contributed by atoms with Crippen molar-refractivity contribution in [3.63, 3.8) is 0 Å². The number of hydrogen-bond donors (Lipinski definition) is 0. The number of halogens is 7. The fraction of sp³-hybridized carbons (Fsp3) is 0.368. The molecule has 0 spiro atoms. The second kappa shape index (κ2) is 7.77. The number of nitrogens with zero attached hydrogens (tertiary/aromatic N) is 3. The molecule has 2 aromatic rings. The molecule has 1 unspecified atom stereocenters. The molecule has 11 heteroatoms. The Labute approximate surface area is 166 Å². The third kappa shape index (κ3) is 4.49. The molecular weight excluding hydrogens is 419 g/mol. The van der Waals surface area contributed by atoms with Crippen LogP contribution in [0.2, 0.25) is 0 Å². The van der Waals surface area contributed by atoms with E-state index in [0.29, 0.717) is 18.2 Å². The van der Waals surface area contributed by atoms with E-state index in [-0.39, 0.29) is 19.0 Å². The van der Waals surface area contributed by atoms with Crippen molar-refractivity contribution in [2.24, 2.45) is 0 Å². The molecule has 1 fully saturated rings. The zero-order valence-electron chi connectivity index (χ0n) is 15.6. The molecule has 1 aromatic carbocycles. The highest BCUT2D eigenvalue weighted by Crippen LogP contribution is 2.38. The lowest BCUT2D eigenvalue weighted by atomic mass is 10.1. The molecule has 162 valence electrons. The van der Waals surface area contributed by atoms with Crippen LogP contribution in [0.3, 0.4) is 0 Å². The first kappa shape index (κ1) is 21.8. The van der Waals surface area contributed by atoms with Crippen LogP contribution in [0, 0.1) is 5.82 Å². The molecule has 0 radical (unpaired) electrons. The van der Waals surface area contributed by atoms with Gasteiger partial charge >= 0.3 is 12.4 Å². The second-order valence-electron chi connectivity index (χ2n) is 6.82. The van der Waals surface area contributed by atoms with Crippen molar-refractivity contribution in [1.29, 1.82) is 0 Å². The molecule has 30 heavy (non-hydrogen) atoms. The Morgan fingerprint density at radius 1 is 1.07 bits per heavy atom. The number of amides is 1. The number of rotatable bonds is 3. The lowest BCUT2D eigenvalue weighted by Crippen LogP contribution is -2.45. The Morgan fingerprint density at radius 2 is 1.70 bits per heavy atom. The van der Waals surface area contributed by atoms with Crippen LogP contribution in [0.5, 0.6) is 0 Å². The summed E-state index contributed by atoms with van der Waals surface area (Å²) in [6.07, 6.45) is -9.49. The first-order chi connectivity index (χ1) is 13.9. The van der Waals surface area contributed by atoms with Crippen molar-refractivity contribution in [2.75, 3.05) is 23.4 Å². The van der Waals surface area contributed by atoms with E-state index in [1.54, 1.807) is 0 Å². The number of hydrogen-bond acceptors (Lipinski definition) is 3. The molecule has 1 aliphatic rings. The van der Waals surface area contributed by atoms with Gasteiger partial charge in [0.25, 0.3) is 0 Å². The predicted octanol–water partition coefficient (Wildman–Crippen LogP) is 4.89. The third-order valence-electron chi connectivity index (χ3n) is 4.81. The summed E-state index contributed by atoms with van der Waals surface area (Å²) in [6, 6.07) is 4.41. The van der Waals surface area contributed by atoms with E-state index in [1.165, 1.54) is 24.1 Å². The zero-order chi connectivity index (χ0) is 22.3. The Morgan fingerprint density at radius 3 is 2.27 bits per heavy atom. The average Bonchev–Trinajstić information content (AvgIpc) is 3.15. The molecule has 0 saturated carbocycles. The molecule has 1 amide bonds. The predicted molar refractivity (Wildman–Crippen MR) is 94.4 cm³/mol. The molecule has 0 N–H and O–H groups in total. The number of aromatic nitrogens is 1. The van der Waals surface area contributed by atoms with Crippen molar-refractivity contribution < 1.29 is 35.5 Å². The number of alkyl halides is 6. The van der Waals surface area contributed by atoms with E-state index in [0.717, 1.165) is 17.0 Å². The van der Waals surface area contributed by atoms with E-state index in [9.17, 15) is 35.5 Å². The van der Waals surface area contributed by atoms with Gasteiger partial charge in [0.15, 0.2) is 0 Å². The van der Waals surface area contributed by atoms with Crippen LogP contribution in [-0.4, -0.2) is 30.5 Å². The van der Waals surface area contributed by atoms with Gasteiger partial charge in [0.05, 0.1) is 5.56 Å². The lowest BCUT2D eigenvalue weighted by molar-refractivity contribution is -0.145. The largest absolute Gasteiger partial charge is 0.433 e. The van der Waals surface area contributed by atoms with Crippen molar-refractivity contribution in [3.05, 3.63) is 53.5 Å². The molecular formula is C19H16F7N3O. The smallest absolute Gasteiger partial charge is 0.345 e. The molecule has 3 rings (SSSR count). The summed E-state index contributed by atoms with van der Waals surface area (Å²) in [5.74, 6) is -1.64. The molecule has 1 aliphatic heterocycles. The Hall–Kier alpha value is -2.85. The Bertz CT molecular complexity index is 893. The summed E-state index contributed by atoms with van der Waals surface area (Å²) in [6.45, 7) is 0.0687. The lowest BCUT2D eigenvalue weighted by Gasteiger charge is -2.29. The summed E-state index contributed by atoms with van der Waals surface area (Å²) in [7, 11) is 1.40. The van der Waals surface area contributed by atoms with Gasteiger partial charge in [-0.05, 0) is 49.2 Å². The molecule has 0 aliphatic carbocycles. The Kier molecular flexibility index (Phi) is 5.66. The number of carbonyl (C=O) groups excluding carboxylic acids is 1. The highest BCUT2D eigenvalue weighted by molar-refractivity contribution is 5.98. The number of likely N-dealkylation sites (N-methyl/N-ethyl adjacent to an activating group) is 1. The maximum Gasteiger partial charge on any atom is 0.433 e. The van der Waals surface area contributed by atoms with Gasteiger partial charge in [-0.1, -0.05) is 0 Å². The number of pyridine rings is 1. The molecule has 2 heterocycles. The zero-order valence-corrected chi connectivity index (χ0v) is 15.6. The van der Waals surface area contributed by atoms with E-state index >= 15 is 0 Å². The van der Waals surface area contributed by atoms with Crippen LogP contribution < -0.4 is 9.80 Å². The molecule has 1 saturated heterocycles. The SMILES string of the molecule is CN(C(=O)C1CCCN1c1cc(C(F)(F)F)cc(C(F)(F)F)n1)c1ccc(F)cc1. The summed E-state index contributed by atoms with van der Waals surface area (Å²) in [5, 5.41) is 0. The van der Waals surface area contributed by atoms with Gasteiger partial charge in [-0.2, -0.15) is 26.3 Å². The minimum absolute atomic E-state index is 0.0545. The highest BCUT2D eigenvalue weighted by Gasteiger charge is 2.41. The fourth-order valence-electron chi connectivity index (χ4n) is 3.29. The van der Waals surface area contributed by atoms with Crippen molar-refractivity contribution >= 4 is 17.4 Å². The van der Waals surface area contributed by atoms with Crippen LogP contribution in [-0.2, 0) is 17.1 Å². The minimum Gasteiger partial charge on any atom is -0.345 e. The molecule has 1 aromatic heterocycles. The van der Waals surface area contributed by atoms with E-state index in [2.05, 4.69) is 4.98 Å². The van der Waals surface area contributed by atoms with E-state index < -0.39 is 47.2 Å². The fourth-order valence-corrected chi connectivity index (χ4v) is 3.29. The van der Waals surface area contributed by atoms with Crippen LogP contribution in [0.25, 0.3) is 0 Å². The van der Waals surface area contributed by atoms with Crippen molar-refractivity contribution in [1.82, 2.24) is 4.98 Å². The Balaban J connectivity index is 1.96.